The Morgan fingerprint density at radius 2 is 0.635 bits per heavy atom. The number of rotatable bonds is 64. The highest BCUT2D eigenvalue weighted by Crippen LogP contribution is 2.19. The second-order valence-corrected chi connectivity index (χ2v) is 23.5. The fraction of sp³-hybridized carbons (Fsp3) is 0.941. The van der Waals surface area contributed by atoms with Crippen LogP contribution < -0.4 is 5.32 Å². The van der Waals surface area contributed by atoms with Gasteiger partial charge in [-0.2, -0.15) is 0 Å². The number of carbonyl (C=O) groups is 2. The Labute approximate surface area is 463 Å². The SMILES string of the molecule is CCCCCCCC/C=C\CCCCCCCCCC(=O)OCCCCCCCCCCCCCCCCCCCCCCCCC(=O)NC(CO)C(O)CCCCCCCCCCCCCCCCCCCC. The minimum absolute atomic E-state index is 0.0111. The zero-order valence-electron chi connectivity index (χ0n) is 50.4. The van der Waals surface area contributed by atoms with Crippen LogP contribution in [-0.4, -0.2) is 47.4 Å². The average molecular weight is 1040 g/mol. The molecule has 0 saturated heterocycles. The molecule has 0 heterocycles. The summed E-state index contributed by atoms with van der Waals surface area (Å²) in [5, 5.41) is 23.4. The van der Waals surface area contributed by atoms with Gasteiger partial charge in [0.2, 0.25) is 5.91 Å². The van der Waals surface area contributed by atoms with Gasteiger partial charge in [-0.25, -0.2) is 0 Å². The molecule has 0 bridgehead atoms. The van der Waals surface area contributed by atoms with E-state index < -0.39 is 12.1 Å². The van der Waals surface area contributed by atoms with Crippen molar-refractivity contribution in [2.24, 2.45) is 0 Å². The third-order valence-electron chi connectivity index (χ3n) is 16.1. The number of esters is 1. The highest BCUT2D eigenvalue weighted by Gasteiger charge is 2.20. The van der Waals surface area contributed by atoms with Crippen molar-refractivity contribution in [3.63, 3.8) is 0 Å². The van der Waals surface area contributed by atoms with E-state index in [2.05, 4.69) is 31.3 Å². The second-order valence-electron chi connectivity index (χ2n) is 23.5. The maximum Gasteiger partial charge on any atom is 0.305 e. The molecule has 0 rings (SSSR count). The molecule has 0 fully saturated rings. The smallest absolute Gasteiger partial charge is 0.305 e. The molecule has 2 atom stereocenters. The summed E-state index contributed by atoms with van der Waals surface area (Å²) in [5.41, 5.74) is 0. The van der Waals surface area contributed by atoms with E-state index in [1.807, 2.05) is 0 Å². The van der Waals surface area contributed by atoms with Crippen LogP contribution in [0.15, 0.2) is 12.2 Å². The van der Waals surface area contributed by atoms with Crippen molar-refractivity contribution >= 4 is 11.9 Å². The van der Waals surface area contributed by atoms with Gasteiger partial charge in [-0.05, 0) is 51.4 Å². The molecule has 0 saturated carbocycles. The summed E-state index contributed by atoms with van der Waals surface area (Å²) in [6.07, 6.45) is 78.1. The molecule has 440 valence electrons. The lowest BCUT2D eigenvalue weighted by Crippen LogP contribution is -2.45. The van der Waals surface area contributed by atoms with Crippen LogP contribution in [0.4, 0.5) is 0 Å². The van der Waals surface area contributed by atoms with E-state index in [4.69, 9.17) is 4.74 Å². The van der Waals surface area contributed by atoms with E-state index in [1.54, 1.807) is 0 Å². The van der Waals surface area contributed by atoms with Gasteiger partial charge in [0.1, 0.15) is 0 Å². The molecule has 1 amide bonds. The molecule has 0 aromatic heterocycles. The number of aliphatic hydroxyl groups is 2. The molecular formula is C68H133NO5. The molecule has 6 heteroatoms. The summed E-state index contributed by atoms with van der Waals surface area (Å²) in [6.45, 7) is 4.98. The van der Waals surface area contributed by atoms with Gasteiger partial charge in [0, 0.05) is 12.8 Å². The van der Waals surface area contributed by atoms with Crippen LogP contribution in [0.1, 0.15) is 386 Å². The molecule has 0 aliphatic rings. The fourth-order valence-corrected chi connectivity index (χ4v) is 10.9. The normalized spacial score (nSPS) is 12.5. The van der Waals surface area contributed by atoms with Gasteiger partial charge in [0.25, 0.3) is 0 Å². The minimum Gasteiger partial charge on any atom is -0.466 e. The quantitative estimate of drug-likeness (QED) is 0.0320. The Hall–Kier alpha value is -1.40. The van der Waals surface area contributed by atoms with Crippen LogP contribution in [0.3, 0.4) is 0 Å². The molecule has 0 spiro atoms. The first kappa shape index (κ1) is 72.6. The van der Waals surface area contributed by atoms with Crippen LogP contribution in [0.2, 0.25) is 0 Å². The van der Waals surface area contributed by atoms with Crippen molar-refractivity contribution in [2.75, 3.05) is 13.2 Å². The molecule has 0 aromatic rings. The predicted molar refractivity (Wildman–Crippen MR) is 324 cm³/mol. The standard InChI is InChI=1S/C68H133NO5/c1-3-5-7-9-11-13-15-17-19-21-29-32-36-40-44-48-52-56-60-66(71)65(64-70)69-67(72)61-57-53-49-45-41-37-33-30-26-24-22-23-25-27-31-35-39-43-47-51-55-59-63-74-68(73)62-58-54-50-46-42-38-34-28-20-18-16-14-12-10-8-6-4-2/h18,20,65-66,70-71H,3-17,19,21-64H2,1-2H3,(H,69,72)/b20-18-. The molecule has 0 aliphatic carbocycles. The summed E-state index contributed by atoms with van der Waals surface area (Å²) in [6, 6.07) is -0.541. The number of hydrogen-bond acceptors (Lipinski definition) is 5. The summed E-state index contributed by atoms with van der Waals surface area (Å²) in [5.74, 6) is -0.0201. The first-order chi connectivity index (χ1) is 36.5. The maximum atomic E-state index is 12.5. The van der Waals surface area contributed by atoms with Crippen LogP contribution in [0.5, 0.6) is 0 Å². The number of allylic oxidation sites excluding steroid dienone is 2. The van der Waals surface area contributed by atoms with E-state index in [0.29, 0.717) is 25.9 Å². The highest BCUT2D eigenvalue weighted by atomic mass is 16.5. The van der Waals surface area contributed by atoms with Crippen molar-refractivity contribution in [1.29, 1.82) is 0 Å². The van der Waals surface area contributed by atoms with Crippen molar-refractivity contribution < 1.29 is 24.5 Å². The molecule has 0 aliphatic heterocycles. The molecule has 2 unspecified atom stereocenters. The van der Waals surface area contributed by atoms with Gasteiger partial charge < -0.3 is 20.3 Å². The average Bonchev–Trinajstić information content (AvgIpc) is 3.40. The van der Waals surface area contributed by atoms with E-state index in [0.717, 1.165) is 44.9 Å². The third-order valence-corrected chi connectivity index (χ3v) is 16.1. The molecule has 6 nitrogen and oxygen atoms in total. The zero-order valence-corrected chi connectivity index (χ0v) is 50.4. The zero-order chi connectivity index (χ0) is 53.6. The molecular weight excluding hydrogens is 911 g/mol. The van der Waals surface area contributed by atoms with E-state index in [-0.39, 0.29) is 18.5 Å². The van der Waals surface area contributed by atoms with Crippen molar-refractivity contribution in [1.82, 2.24) is 5.32 Å². The van der Waals surface area contributed by atoms with Crippen LogP contribution in [0, 0.1) is 0 Å². The van der Waals surface area contributed by atoms with Gasteiger partial charge in [-0.15, -0.1) is 0 Å². The van der Waals surface area contributed by atoms with E-state index >= 15 is 0 Å². The minimum atomic E-state index is -0.664. The number of hydrogen-bond donors (Lipinski definition) is 3. The van der Waals surface area contributed by atoms with Gasteiger partial charge >= 0.3 is 5.97 Å². The topological polar surface area (TPSA) is 95.9 Å². The van der Waals surface area contributed by atoms with Crippen LogP contribution in [0.25, 0.3) is 0 Å². The number of unbranched alkanes of at least 4 members (excludes halogenated alkanes) is 51. The largest absolute Gasteiger partial charge is 0.466 e. The van der Waals surface area contributed by atoms with Gasteiger partial charge in [0.05, 0.1) is 25.4 Å². The Balaban J connectivity index is 3.36. The van der Waals surface area contributed by atoms with Crippen LogP contribution >= 0.6 is 0 Å². The number of amides is 1. The summed E-state index contributed by atoms with van der Waals surface area (Å²) < 4.78 is 5.50. The first-order valence-corrected chi connectivity index (χ1v) is 33.9. The monoisotopic (exact) mass is 1040 g/mol. The Kier molecular flexibility index (Phi) is 62.9. The van der Waals surface area contributed by atoms with Gasteiger partial charge in [0.15, 0.2) is 0 Å². The molecule has 3 N–H and O–H groups in total. The summed E-state index contributed by atoms with van der Waals surface area (Å²) >= 11 is 0. The number of aliphatic hydroxyl groups excluding tert-OH is 2. The fourth-order valence-electron chi connectivity index (χ4n) is 10.9. The number of nitrogens with one attached hydrogen (secondary N) is 1. The van der Waals surface area contributed by atoms with Gasteiger partial charge in [-0.3, -0.25) is 9.59 Å². The summed E-state index contributed by atoms with van der Waals surface area (Å²) in [7, 11) is 0. The lowest BCUT2D eigenvalue weighted by Gasteiger charge is -2.22. The van der Waals surface area contributed by atoms with E-state index in [1.165, 1.54) is 308 Å². The van der Waals surface area contributed by atoms with Crippen molar-refractivity contribution in [2.45, 2.75) is 398 Å². The number of ether oxygens (including phenoxy) is 1. The molecule has 74 heavy (non-hydrogen) atoms. The molecule has 0 radical (unpaired) electrons. The van der Waals surface area contributed by atoms with Crippen molar-refractivity contribution in [3.05, 3.63) is 12.2 Å². The highest BCUT2D eigenvalue weighted by molar-refractivity contribution is 5.76. The second kappa shape index (κ2) is 64.1. The third kappa shape index (κ3) is 59.8. The maximum absolute atomic E-state index is 12.5. The van der Waals surface area contributed by atoms with Crippen LogP contribution in [-0.2, 0) is 14.3 Å². The Morgan fingerprint density at radius 1 is 0.365 bits per heavy atom. The Morgan fingerprint density at radius 3 is 0.959 bits per heavy atom. The van der Waals surface area contributed by atoms with E-state index in [9.17, 15) is 19.8 Å². The lowest BCUT2D eigenvalue weighted by atomic mass is 10.0. The number of carbonyl (C=O) groups excluding carboxylic acids is 2. The van der Waals surface area contributed by atoms with Crippen molar-refractivity contribution in [3.8, 4) is 0 Å². The predicted octanol–water partition coefficient (Wildman–Crippen LogP) is 21.6. The molecule has 0 aromatic carbocycles. The Bertz CT molecular complexity index is 1110. The summed E-state index contributed by atoms with van der Waals surface area (Å²) in [4.78, 5) is 24.6. The van der Waals surface area contributed by atoms with Gasteiger partial charge in [-0.1, -0.05) is 334 Å². The first-order valence-electron chi connectivity index (χ1n) is 33.9. The lowest BCUT2D eigenvalue weighted by molar-refractivity contribution is -0.143.